The molecular formula is C16H20BrNO5. The number of carbonyl (C=O) groups is 2. The van der Waals surface area contributed by atoms with E-state index in [0.717, 1.165) is 10.0 Å². The van der Waals surface area contributed by atoms with E-state index in [2.05, 4.69) is 27.8 Å². The molecule has 1 rings (SSSR count). The van der Waals surface area contributed by atoms with Gasteiger partial charge in [0, 0.05) is 6.42 Å². The Morgan fingerprint density at radius 3 is 2.78 bits per heavy atom. The first-order chi connectivity index (χ1) is 11.0. The topological polar surface area (TPSA) is 84.9 Å². The number of carboxylic acid groups (broad SMARTS) is 1. The molecule has 0 fully saturated rings. The van der Waals surface area contributed by atoms with Gasteiger partial charge in [0.1, 0.15) is 5.75 Å². The van der Waals surface area contributed by atoms with Gasteiger partial charge in [0.05, 0.1) is 24.8 Å². The van der Waals surface area contributed by atoms with Gasteiger partial charge in [0.25, 0.3) is 0 Å². The molecule has 0 aliphatic rings. The summed E-state index contributed by atoms with van der Waals surface area (Å²) >= 11 is 3.38. The monoisotopic (exact) mass is 385 g/mol. The average Bonchev–Trinajstić information content (AvgIpc) is 2.52. The van der Waals surface area contributed by atoms with E-state index in [1.807, 2.05) is 12.1 Å². The number of hydrogen-bond donors (Lipinski definition) is 2. The normalized spacial score (nSPS) is 11.6. The highest BCUT2D eigenvalue weighted by Gasteiger charge is 2.19. The molecule has 0 saturated heterocycles. The molecule has 0 radical (unpaired) electrons. The molecule has 0 aromatic heterocycles. The van der Waals surface area contributed by atoms with Crippen molar-refractivity contribution in [2.75, 3.05) is 20.3 Å². The van der Waals surface area contributed by atoms with Crippen LogP contribution in [-0.4, -0.2) is 43.3 Å². The molecule has 0 aliphatic carbocycles. The summed E-state index contributed by atoms with van der Waals surface area (Å²) in [6.45, 7) is 3.61. The van der Waals surface area contributed by atoms with E-state index in [1.165, 1.54) is 6.08 Å². The fourth-order valence-corrected chi connectivity index (χ4v) is 2.42. The summed E-state index contributed by atoms with van der Waals surface area (Å²) in [6.07, 6.45) is 2.19. The highest BCUT2D eigenvalue weighted by molar-refractivity contribution is 9.10. The van der Waals surface area contributed by atoms with Gasteiger partial charge in [-0.1, -0.05) is 12.1 Å². The third-order valence-electron chi connectivity index (χ3n) is 3.01. The van der Waals surface area contributed by atoms with Crippen molar-refractivity contribution in [2.24, 2.45) is 0 Å². The number of amides is 1. The van der Waals surface area contributed by atoms with E-state index in [1.54, 1.807) is 13.2 Å². The fraction of sp³-hybridized carbons (Fsp3) is 0.375. The minimum Gasteiger partial charge on any atom is -0.496 e. The summed E-state index contributed by atoms with van der Waals surface area (Å²) < 4.78 is 11.0. The minimum absolute atomic E-state index is 0.0961. The third-order valence-corrected chi connectivity index (χ3v) is 3.63. The van der Waals surface area contributed by atoms with Crippen LogP contribution >= 0.6 is 15.9 Å². The lowest BCUT2D eigenvalue weighted by Crippen LogP contribution is -2.44. The zero-order valence-corrected chi connectivity index (χ0v) is 14.5. The number of benzene rings is 1. The van der Waals surface area contributed by atoms with Gasteiger partial charge in [-0.3, -0.25) is 4.79 Å². The maximum absolute atomic E-state index is 11.9. The molecule has 23 heavy (non-hydrogen) atoms. The van der Waals surface area contributed by atoms with Crippen molar-refractivity contribution < 1.29 is 24.2 Å². The van der Waals surface area contributed by atoms with Crippen molar-refractivity contribution in [1.82, 2.24) is 5.32 Å². The molecule has 1 aromatic rings. The molecule has 0 heterocycles. The summed E-state index contributed by atoms with van der Waals surface area (Å²) in [4.78, 5) is 23.0. The Bertz CT molecular complexity index is 561. The Morgan fingerprint density at radius 1 is 1.48 bits per heavy atom. The van der Waals surface area contributed by atoms with Crippen LogP contribution in [0.4, 0.5) is 0 Å². The first kappa shape index (κ1) is 19.2. The van der Waals surface area contributed by atoms with Crippen LogP contribution in [0.1, 0.15) is 12.0 Å². The highest BCUT2D eigenvalue weighted by atomic mass is 79.9. The van der Waals surface area contributed by atoms with Crippen molar-refractivity contribution in [1.29, 1.82) is 0 Å². The van der Waals surface area contributed by atoms with Gasteiger partial charge in [0.2, 0.25) is 5.91 Å². The van der Waals surface area contributed by atoms with Crippen molar-refractivity contribution in [2.45, 2.75) is 18.9 Å². The van der Waals surface area contributed by atoms with Gasteiger partial charge in [-0.2, -0.15) is 0 Å². The predicted molar refractivity (Wildman–Crippen MR) is 89.6 cm³/mol. The number of hydrogen-bond acceptors (Lipinski definition) is 4. The Morgan fingerprint density at radius 2 is 2.22 bits per heavy atom. The number of nitrogens with one attached hydrogen (secondary N) is 1. The molecule has 126 valence electrons. The number of halogens is 1. The largest absolute Gasteiger partial charge is 0.496 e. The number of carbonyl (C=O) groups excluding carboxylic acids is 1. The Balaban J connectivity index is 2.49. The molecule has 0 bridgehead atoms. The molecule has 6 nitrogen and oxygen atoms in total. The van der Waals surface area contributed by atoms with Crippen molar-refractivity contribution >= 4 is 27.8 Å². The number of aryl methyl sites for hydroxylation is 1. The second-order valence-corrected chi connectivity index (χ2v) is 5.61. The standard InChI is InChI=1S/C16H20BrNO5/c1-3-8-23-10-13(16(20)21)18-15(19)7-5-11-4-6-14(22-2)12(17)9-11/h3-4,6,9,13H,1,5,7-8,10H2,2H3,(H,18,19)(H,20,21). The van der Waals surface area contributed by atoms with Crippen LogP contribution in [0.5, 0.6) is 5.75 Å². The minimum atomic E-state index is -1.13. The number of methoxy groups -OCH3 is 1. The Kier molecular flexibility index (Phi) is 8.36. The molecule has 7 heteroatoms. The maximum Gasteiger partial charge on any atom is 0.328 e. The lowest BCUT2D eigenvalue weighted by atomic mass is 10.1. The zero-order chi connectivity index (χ0) is 17.2. The third kappa shape index (κ3) is 6.83. The Labute approximate surface area is 143 Å². The number of ether oxygens (including phenoxy) is 2. The van der Waals surface area contributed by atoms with E-state index < -0.39 is 12.0 Å². The highest BCUT2D eigenvalue weighted by Crippen LogP contribution is 2.25. The quantitative estimate of drug-likeness (QED) is 0.476. The predicted octanol–water partition coefficient (Wildman–Crippen LogP) is 2.16. The number of rotatable bonds is 10. The molecule has 2 N–H and O–H groups in total. The second-order valence-electron chi connectivity index (χ2n) is 4.75. The molecule has 1 unspecified atom stereocenters. The van der Waals surface area contributed by atoms with Crippen LogP contribution in [0.2, 0.25) is 0 Å². The van der Waals surface area contributed by atoms with Crippen molar-refractivity contribution in [3.8, 4) is 5.75 Å². The molecular weight excluding hydrogens is 366 g/mol. The Hall–Kier alpha value is -1.86. The first-order valence-electron chi connectivity index (χ1n) is 7.01. The van der Waals surface area contributed by atoms with E-state index in [9.17, 15) is 9.59 Å². The van der Waals surface area contributed by atoms with Gasteiger partial charge in [-0.25, -0.2) is 4.79 Å². The van der Waals surface area contributed by atoms with Crippen LogP contribution in [0, 0.1) is 0 Å². The van der Waals surface area contributed by atoms with Crippen LogP contribution < -0.4 is 10.1 Å². The van der Waals surface area contributed by atoms with Gasteiger partial charge < -0.3 is 19.9 Å². The molecule has 1 amide bonds. The number of carboxylic acids is 1. The smallest absolute Gasteiger partial charge is 0.328 e. The fourth-order valence-electron chi connectivity index (χ4n) is 1.83. The average molecular weight is 386 g/mol. The molecule has 0 aliphatic heterocycles. The summed E-state index contributed by atoms with van der Waals surface area (Å²) in [5.74, 6) is -0.760. The van der Waals surface area contributed by atoms with Crippen LogP contribution in [0.25, 0.3) is 0 Å². The SMILES string of the molecule is C=CCOCC(NC(=O)CCc1ccc(OC)c(Br)c1)C(=O)O. The van der Waals surface area contributed by atoms with Crippen LogP contribution in [0.3, 0.4) is 0 Å². The van der Waals surface area contributed by atoms with E-state index in [-0.39, 0.29) is 25.5 Å². The van der Waals surface area contributed by atoms with Gasteiger partial charge in [-0.15, -0.1) is 6.58 Å². The molecule has 0 spiro atoms. The number of aliphatic carboxylic acids is 1. The maximum atomic E-state index is 11.9. The van der Waals surface area contributed by atoms with Crippen LogP contribution in [0.15, 0.2) is 35.3 Å². The first-order valence-corrected chi connectivity index (χ1v) is 7.80. The van der Waals surface area contributed by atoms with E-state index in [4.69, 9.17) is 14.6 Å². The molecule has 0 saturated carbocycles. The second kappa shape index (κ2) is 10.0. The van der Waals surface area contributed by atoms with Gasteiger partial charge in [0.15, 0.2) is 6.04 Å². The molecule has 1 aromatic carbocycles. The van der Waals surface area contributed by atoms with Crippen molar-refractivity contribution in [3.05, 3.63) is 40.9 Å². The van der Waals surface area contributed by atoms with E-state index in [0.29, 0.717) is 12.2 Å². The lowest BCUT2D eigenvalue weighted by molar-refractivity contribution is -0.143. The van der Waals surface area contributed by atoms with Gasteiger partial charge >= 0.3 is 5.97 Å². The summed E-state index contributed by atoms with van der Waals surface area (Å²) in [5, 5.41) is 11.5. The van der Waals surface area contributed by atoms with Crippen molar-refractivity contribution in [3.63, 3.8) is 0 Å². The molecule has 1 atom stereocenters. The van der Waals surface area contributed by atoms with E-state index >= 15 is 0 Å². The summed E-state index contributed by atoms with van der Waals surface area (Å²) in [7, 11) is 1.58. The lowest BCUT2D eigenvalue weighted by Gasteiger charge is -2.14. The summed E-state index contributed by atoms with van der Waals surface area (Å²) in [5.41, 5.74) is 0.947. The van der Waals surface area contributed by atoms with Crippen LogP contribution in [-0.2, 0) is 20.7 Å². The summed E-state index contributed by atoms with van der Waals surface area (Å²) in [6, 6.07) is 4.47. The zero-order valence-electron chi connectivity index (χ0n) is 12.9. The van der Waals surface area contributed by atoms with Gasteiger partial charge in [-0.05, 0) is 40.0 Å².